The fraction of sp³-hybridized carbons (Fsp3) is 0.133. The molecule has 0 aromatic heterocycles. The number of rotatable bonds is 4. The van der Waals surface area contributed by atoms with Crippen LogP contribution in [0, 0.1) is 5.82 Å². The van der Waals surface area contributed by atoms with Crippen molar-refractivity contribution in [3.05, 3.63) is 62.8 Å². The van der Waals surface area contributed by atoms with E-state index in [-0.39, 0.29) is 5.02 Å². The minimum Gasteiger partial charge on any atom is -0.338 e. The molecule has 0 aliphatic carbocycles. The third kappa shape index (κ3) is 4.77. The number of amides is 2. The molecule has 22 heavy (non-hydrogen) atoms. The van der Waals surface area contributed by atoms with Gasteiger partial charge in [0.25, 0.3) is 0 Å². The lowest BCUT2D eigenvalue weighted by molar-refractivity contribution is 0.252. The number of carbonyl (C=O) groups excluding carboxylic acids is 1. The molecule has 0 saturated carbocycles. The van der Waals surface area contributed by atoms with Gasteiger partial charge in [0.1, 0.15) is 5.82 Å². The first-order chi connectivity index (χ1) is 10.5. The summed E-state index contributed by atoms with van der Waals surface area (Å²) < 4.78 is 13.0. The van der Waals surface area contributed by atoms with E-state index in [1.165, 1.54) is 18.2 Å². The van der Waals surface area contributed by atoms with Crippen LogP contribution in [0.2, 0.25) is 15.1 Å². The molecule has 0 aliphatic heterocycles. The smallest absolute Gasteiger partial charge is 0.319 e. The molecule has 0 heterocycles. The van der Waals surface area contributed by atoms with Gasteiger partial charge in [0.15, 0.2) is 0 Å². The van der Waals surface area contributed by atoms with Crippen molar-refractivity contribution < 1.29 is 9.18 Å². The van der Waals surface area contributed by atoms with Crippen LogP contribution < -0.4 is 10.6 Å². The van der Waals surface area contributed by atoms with Gasteiger partial charge in [-0.3, -0.25) is 0 Å². The first-order valence-corrected chi connectivity index (χ1v) is 7.53. The Hall–Kier alpha value is -1.49. The highest BCUT2D eigenvalue weighted by atomic mass is 35.5. The maximum absolute atomic E-state index is 13.0. The molecule has 0 spiro atoms. The standard InChI is InChI=1S/C15H12Cl3FN2O/c16-11-3-1-9(7-12(11)17)5-6-20-15(22)21-10-2-4-14(19)13(18)8-10/h1-4,7-8H,5-6H2,(H2,20,21,22). The van der Waals surface area contributed by atoms with Crippen LogP contribution in [-0.4, -0.2) is 12.6 Å². The summed E-state index contributed by atoms with van der Waals surface area (Å²) in [5, 5.41) is 6.17. The zero-order valence-electron chi connectivity index (χ0n) is 11.3. The Labute approximate surface area is 142 Å². The number of hydrogen-bond donors (Lipinski definition) is 2. The molecule has 0 aliphatic rings. The minimum absolute atomic E-state index is 0.0476. The highest BCUT2D eigenvalue weighted by Crippen LogP contribution is 2.22. The van der Waals surface area contributed by atoms with E-state index in [4.69, 9.17) is 34.8 Å². The zero-order valence-corrected chi connectivity index (χ0v) is 13.6. The zero-order chi connectivity index (χ0) is 16.1. The molecule has 116 valence electrons. The highest BCUT2D eigenvalue weighted by Gasteiger charge is 2.05. The molecule has 3 nitrogen and oxygen atoms in total. The van der Waals surface area contributed by atoms with E-state index in [9.17, 15) is 9.18 Å². The van der Waals surface area contributed by atoms with Gasteiger partial charge in [-0.2, -0.15) is 0 Å². The molecule has 2 amide bonds. The average molecular weight is 362 g/mol. The van der Waals surface area contributed by atoms with Gasteiger partial charge in [-0.05, 0) is 42.3 Å². The molecule has 0 radical (unpaired) electrons. The second-order valence-electron chi connectivity index (χ2n) is 4.51. The number of benzene rings is 2. The van der Waals surface area contributed by atoms with Gasteiger partial charge in [-0.25, -0.2) is 9.18 Å². The van der Waals surface area contributed by atoms with Gasteiger partial charge in [0.2, 0.25) is 0 Å². The van der Waals surface area contributed by atoms with Crippen molar-refractivity contribution in [3.8, 4) is 0 Å². The van der Waals surface area contributed by atoms with Crippen LogP contribution in [0.15, 0.2) is 36.4 Å². The Morgan fingerprint density at radius 2 is 1.77 bits per heavy atom. The lowest BCUT2D eigenvalue weighted by Crippen LogP contribution is -2.30. The van der Waals surface area contributed by atoms with Crippen LogP contribution in [0.25, 0.3) is 0 Å². The summed E-state index contributed by atoms with van der Waals surface area (Å²) >= 11 is 17.4. The second kappa shape index (κ2) is 7.68. The lowest BCUT2D eigenvalue weighted by Gasteiger charge is -2.08. The molecule has 0 atom stereocenters. The average Bonchev–Trinajstić information content (AvgIpc) is 2.47. The van der Waals surface area contributed by atoms with E-state index in [1.807, 2.05) is 6.07 Å². The molecular weight excluding hydrogens is 350 g/mol. The third-order valence-electron chi connectivity index (χ3n) is 2.86. The number of hydrogen-bond acceptors (Lipinski definition) is 1. The van der Waals surface area contributed by atoms with Crippen LogP contribution in [0.5, 0.6) is 0 Å². The van der Waals surface area contributed by atoms with E-state index in [0.717, 1.165) is 5.56 Å². The van der Waals surface area contributed by atoms with E-state index in [2.05, 4.69) is 10.6 Å². The van der Waals surface area contributed by atoms with Gasteiger partial charge in [-0.15, -0.1) is 0 Å². The summed E-state index contributed by atoms with van der Waals surface area (Å²) in [5.41, 5.74) is 1.37. The third-order valence-corrected chi connectivity index (χ3v) is 3.89. The molecule has 2 N–H and O–H groups in total. The molecule has 0 fully saturated rings. The van der Waals surface area contributed by atoms with E-state index in [0.29, 0.717) is 28.7 Å². The summed E-state index contributed by atoms with van der Waals surface area (Å²) in [5.74, 6) is -0.535. The Balaban J connectivity index is 1.82. The molecule has 7 heteroatoms. The van der Waals surface area contributed by atoms with Crippen molar-refractivity contribution in [2.24, 2.45) is 0 Å². The largest absolute Gasteiger partial charge is 0.338 e. The van der Waals surface area contributed by atoms with E-state index in [1.54, 1.807) is 12.1 Å². The van der Waals surface area contributed by atoms with Gasteiger partial charge >= 0.3 is 6.03 Å². The quantitative estimate of drug-likeness (QED) is 0.777. The summed E-state index contributed by atoms with van der Waals surface area (Å²) in [6.07, 6.45) is 0.606. The first kappa shape index (κ1) is 16.9. The van der Waals surface area contributed by atoms with Crippen molar-refractivity contribution >= 4 is 46.5 Å². The Morgan fingerprint density at radius 1 is 1.00 bits per heavy atom. The van der Waals surface area contributed by atoms with Gasteiger partial charge < -0.3 is 10.6 Å². The number of anilines is 1. The Morgan fingerprint density at radius 3 is 2.45 bits per heavy atom. The van der Waals surface area contributed by atoms with Crippen LogP contribution in [0.1, 0.15) is 5.56 Å². The molecule has 2 aromatic rings. The van der Waals surface area contributed by atoms with Crippen molar-refractivity contribution in [2.75, 3.05) is 11.9 Å². The number of nitrogens with one attached hydrogen (secondary N) is 2. The molecular formula is C15H12Cl3FN2O. The van der Waals surface area contributed by atoms with Crippen molar-refractivity contribution in [1.29, 1.82) is 0 Å². The fourth-order valence-corrected chi connectivity index (χ4v) is 2.27. The monoisotopic (exact) mass is 360 g/mol. The van der Waals surface area contributed by atoms with E-state index >= 15 is 0 Å². The Bertz CT molecular complexity index is 694. The predicted octanol–water partition coefficient (Wildman–Crippen LogP) is 5.15. The predicted molar refractivity (Wildman–Crippen MR) is 88.6 cm³/mol. The minimum atomic E-state index is -0.535. The van der Waals surface area contributed by atoms with Crippen molar-refractivity contribution in [2.45, 2.75) is 6.42 Å². The van der Waals surface area contributed by atoms with Crippen molar-refractivity contribution in [1.82, 2.24) is 5.32 Å². The molecule has 0 unspecified atom stereocenters. The van der Waals surface area contributed by atoms with Crippen LogP contribution in [0.3, 0.4) is 0 Å². The van der Waals surface area contributed by atoms with Gasteiger partial charge in [0.05, 0.1) is 15.1 Å². The maximum atomic E-state index is 13.0. The Kier molecular flexibility index (Phi) is 5.89. The molecule has 0 bridgehead atoms. The number of carbonyl (C=O) groups is 1. The summed E-state index contributed by atoms with van der Waals surface area (Å²) in [4.78, 5) is 11.7. The SMILES string of the molecule is O=C(NCCc1ccc(Cl)c(Cl)c1)Nc1ccc(F)c(Cl)c1. The molecule has 2 aromatic carbocycles. The summed E-state index contributed by atoms with van der Waals surface area (Å²) in [6.45, 7) is 0.415. The second-order valence-corrected chi connectivity index (χ2v) is 5.73. The van der Waals surface area contributed by atoms with Crippen LogP contribution in [0.4, 0.5) is 14.9 Å². The van der Waals surface area contributed by atoms with Crippen LogP contribution >= 0.6 is 34.8 Å². The summed E-state index contributed by atoms with van der Waals surface area (Å²) in [7, 11) is 0. The van der Waals surface area contributed by atoms with Crippen LogP contribution in [-0.2, 0) is 6.42 Å². The lowest BCUT2D eigenvalue weighted by atomic mass is 10.1. The highest BCUT2D eigenvalue weighted by molar-refractivity contribution is 6.42. The summed E-state index contributed by atoms with van der Waals surface area (Å²) in [6, 6.07) is 8.86. The number of halogens is 4. The normalized spacial score (nSPS) is 10.4. The maximum Gasteiger partial charge on any atom is 0.319 e. The van der Waals surface area contributed by atoms with Gasteiger partial charge in [0, 0.05) is 12.2 Å². The molecule has 2 rings (SSSR count). The van der Waals surface area contributed by atoms with Crippen molar-refractivity contribution in [3.63, 3.8) is 0 Å². The number of urea groups is 1. The molecule has 0 saturated heterocycles. The fourth-order valence-electron chi connectivity index (χ4n) is 1.76. The first-order valence-electron chi connectivity index (χ1n) is 6.39. The topological polar surface area (TPSA) is 41.1 Å². The van der Waals surface area contributed by atoms with E-state index < -0.39 is 11.8 Å². The van der Waals surface area contributed by atoms with Gasteiger partial charge in [-0.1, -0.05) is 40.9 Å².